The van der Waals surface area contributed by atoms with Gasteiger partial charge < -0.3 is 16.0 Å². The highest BCUT2D eigenvalue weighted by Gasteiger charge is 2.40. The summed E-state index contributed by atoms with van der Waals surface area (Å²) in [5, 5.41) is 28.1. The molecule has 1 saturated heterocycles. The van der Waals surface area contributed by atoms with Crippen molar-refractivity contribution < 1.29 is 0 Å². The van der Waals surface area contributed by atoms with Gasteiger partial charge in [-0.25, -0.2) is 4.52 Å². The van der Waals surface area contributed by atoms with E-state index < -0.39 is 0 Å². The Morgan fingerprint density at radius 1 is 1.14 bits per heavy atom. The Balaban J connectivity index is 1.34. The number of rotatable bonds is 5. The summed E-state index contributed by atoms with van der Waals surface area (Å²) in [6, 6.07) is 10.5. The first-order valence-corrected chi connectivity index (χ1v) is 12.8. The van der Waals surface area contributed by atoms with E-state index in [2.05, 4.69) is 45.4 Å². The van der Waals surface area contributed by atoms with Gasteiger partial charge in [0.1, 0.15) is 6.07 Å². The lowest BCUT2D eigenvalue weighted by molar-refractivity contribution is 0.356. The number of nitrogens with one attached hydrogen (secondary N) is 1. The molecular formula is C25H27N9S. The van der Waals surface area contributed by atoms with Crippen molar-refractivity contribution in [1.29, 1.82) is 5.26 Å². The first-order valence-electron chi connectivity index (χ1n) is 12.0. The van der Waals surface area contributed by atoms with E-state index in [-0.39, 0.29) is 6.04 Å². The van der Waals surface area contributed by atoms with Crippen LogP contribution in [0.1, 0.15) is 32.3 Å². The number of nitrogens with zero attached hydrogens (tertiary/aromatic N) is 7. The highest BCUT2D eigenvalue weighted by Crippen LogP contribution is 2.40. The van der Waals surface area contributed by atoms with Crippen molar-refractivity contribution in [3.63, 3.8) is 0 Å². The first kappa shape index (κ1) is 21.9. The molecule has 5 heterocycles. The molecular weight excluding hydrogens is 458 g/mol. The number of pyridine rings is 1. The van der Waals surface area contributed by atoms with Gasteiger partial charge in [0, 0.05) is 37.1 Å². The second kappa shape index (κ2) is 8.59. The van der Waals surface area contributed by atoms with E-state index in [1.807, 2.05) is 30.5 Å². The van der Waals surface area contributed by atoms with E-state index >= 15 is 0 Å². The summed E-state index contributed by atoms with van der Waals surface area (Å²) >= 11 is 1.61. The monoisotopic (exact) mass is 485 g/mol. The predicted molar refractivity (Wildman–Crippen MR) is 137 cm³/mol. The fourth-order valence-electron chi connectivity index (χ4n) is 5.32. The van der Waals surface area contributed by atoms with E-state index in [0.29, 0.717) is 23.4 Å². The fraction of sp³-hybridized carbons (Fsp3) is 0.400. The summed E-state index contributed by atoms with van der Waals surface area (Å²) in [5.41, 5.74) is 11.3. The van der Waals surface area contributed by atoms with Crippen LogP contribution >= 0.6 is 11.3 Å². The van der Waals surface area contributed by atoms with E-state index in [4.69, 9.17) is 16.0 Å². The van der Waals surface area contributed by atoms with Crippen molar-refractivity contribution in [2.75, 3.05) is 23.3 Å². The van der Waals surface area contributed by atoms with Crippen LogP contribution in [-0.2, 0) is 0 Å². The number of aromatic nitrogens is 5. The molecule has 35 heavy (non-hydrogen) atoms. The minimum atomic E-state index is 0.232. The van der Waals surface area contributed by atoms with Gasteiger partial charge in [-0.05, 0) is 62.8 Å². The van der Waals surface area contributed by atoms with Gasteiger partial charge in [-0.2, -0.15) is 10.4 Å². The number of hydrogen-bond donors (Lipinski definition) is 2. The Hall–Kier alpha value is -3.55. The maximum atomic E-state index is 9.17. The highest BCUT2D eigenvalue weighted by molar-refractivity contribution is 7.18. The lowest BCUT2D eigenvalue weighted by atomic mass is 9.93. The van der Waals surface area contributed by atoms with Gasteiger partial charge in [0.25, 0.3) is 0 Å². The van der Waals surface area contributed by atoms with Gasteiger partial charge >= 0.3 is 0 Å². The summed E-state index contributed by atoms with van der Waals surface area (Å²) in [7, 11) is 0. The van der Waals surface area contributed by atoms with Crippen LogP contribution < -0.4 is 16.0 Å². The Bertz CT molecular complexity index is 1420. The molecule has 3 N–H and O–H groups in total. The summed E-state index contributed by atoms with van der Waals surface area (Å²) in [4.78, 5) is 7.13. The zero-order valence-corrected chi connectivity index (χ0v) is 20.5. The normalized spacial score (nSPS) is 21.6. The summed E-state index contributed by atoms with van der Waals surface area (Å²) < 4.78 is 1.81. The number of piperidine rings is 1. The molecule has 1 aliphatic carbocycles. The Morgan fingerprint density at radius 3 is 2.69 bits per heavy atom. The molecule has 4 aromatic heterocycles. The molecule has 178 valence electrons. The van der Waals surface area contributed by atoms with Crippen molar-refractivity contribution in [2.24, 2.45) is 17.6 Å². The fourth-order valence-corrected chi connectivity index (χ4v) is 6.21. The minimum Gasteiger partial charge on any atom is -0.382 e. The molecule has 2 fully saturated rings. The molecule has 6 rings (SSSR count). The van der Waals surface area contributed by atoms with Gasteiger partial charge in [0.15, 0.2) is 5.01 Å². The van der Waals surface area contributed by atoms with Crippen LogP contribution in [0.3, 0.4) is 0 Å². The second-order valence-corrected chi connectivity index (χ2v) is 10.8. The molecule has 0 amide bonds. The molecule has 9 nitrogen and oxygen atoms in total. The Kier molecular flexibility index (Phi) is 5.39. The molecule has 0 radical (unpaired) electrons. The van der Waals surface area contributed by atoms with Crippen LogP contribution in [0.15, 0.2) is 36.7 Å². The zero-order valence-electron chi connectivity index (χ0n) is 19.7. The van der Waals surface area contributed by atoms with Gasteiger partial charge in [-0.1, -0.05) is 11.3 Å². The van der Waals surface area contributed by atoms with E-state index in [1.54, 1.807) is 22.0 Å². The number of nitrogens with two attached hydrogens (primary N) is 1. The molecule has 3 atom stereocenters. The average molecular weight is 486 g/mol. The second-order valence-electron chi connectivity index (χ2n) is 9.80. The summed E-state index contributed by atoms with van der Waals surface area (Å²) in [6.45, 7) is 6.14. The number of fused-ring (bicyclic) bond motifs is 3. The lowest BCUT2D eigenvalue weighted by Crippen LogP contribution is -2.48. The molecule has 2 bridgehead atoms. The lowest BCUT2D eigenvalue weighted by Gasteiger charge is -2.35. The smallest absolute Gasteiger partial charge is 0.208 e. The quantitative estimate of drug-likeness (QED) is 0.438. The predicted octanol–water partition coefficient (Wildman–Crippen LogP) is 3.78. The van der Waals surface area contributed by atoms with Crippen LogP contribution in [0.25, 0.3) is 27.5 Å². The third-order valence-corrected chi connectivity index (χ3v) is 8.08. The maximum Gasteiger partial charge on any atom is 0.208 e. The van der Waals surface area contributed by atoms with E-state index in [0.717, 1.165) is 51.4 Å². The molecule has 1 aliphatic heterocycles. The Morgan fingerprint density at radius 2 is 1.94 bits per heavy atom. The van der Waals surface area contributed by atoms with E-state index in [1.165, 1.54) is 12.8 Å². The Labute approximate surface area is 207 Å². The van der Waals surface area contributed by atoms with Crippen molar-refractivity contribution in [3.8, 4) is 28.0 Å². The number of hydrogen-bond acceptors (Lipinski definition) is 9. The SMILES string of the molecule is CC(C)Nc1cc(-c2ccc3cc(C#N)cnn23)ncc1-c1nnc(N2C[C@H]3CC[C@@H](C2)C3N)s1. The minimum absolute atomic E-state index is 0.232. The third kappa shape index (κ3) is 3.90. The molecule has 0 aromatic carbocycles. The average Bonchev–Trinajstić information content (AvgIpc) is 3.54. The highest BCUT2D eigenvalue weighted by atomic mass is 32.1. The summed E-state index contributed by atoms with van der Waals surface area (Å²) in [6.07, 6.45) is 5.86. The van der Waals surface area contributed by atoms with Crippen molar-refractivity contribution in [2.45, 2.75) is 38.8 Å². The first-order chi connectivity index (χ1) is 17.0. The van der Waals surface area contributed by atoms with Gasteiger partial charge in [-0.15, -0.1) is 10.2 Å². The van der Waals surface area contributed by atoms with Crippen molar-refractivity contribution in [3.05, 3.63) is 42.2 Å². The number of anilines is 2. The van der Waals surface area contributed by atoms with Crippen LogP contribution in [-0.4, -0.2) is 50.0 Å². The van der Waals surface area contributed by atoms with Crippen LogP contribution in [0.5, 0.6) is 0 Å². The maximum absolute atomic E-state index is 9.17. The van der Waals surface area contributed by atoms with Crippen molar-refractivity contribution >= 4 is 27.7 Å². The number of nitriles is 1. The molecule has 1 saturated carbocycles. The molecule has 10 heteroatoms. The molecule has 1 unspecified atom stereocenters. The topological polar surface area (TPSA) is 121 Å². The molecule has 2 aliphatic rings. The van der Waals surface area contributed by atoms with E-state index in [9.17, 15) is 0 Å². The van der Waals surface area contributed by atoms with Crippen LogP contribution in [0.4, 0.5) is 10.8 Å². The molecule has 4 aromatic rings. The van der Waals surface area contributed by atoms with Crippen molar-refractivity contribution in [1.82, 2.24) is 24.8 Å². The molecule has 0 spiro atoms. The van der Waals surface area contributed by atoms with Gasteiger partial charge in [0.2, 0.25) is 5.13 Å². The third-order valence-electron chi connectivity index (χ3n) is 7.06. The summed E-state index contributed by atoms with van der Waals surface area (Å²) in [5.74, 6) is 1.10. The van der Waals surface area contributed by atoms with Gasteiger partial charge in [-0.3, -0.25) is 4.98 Å². The largest absolute Gasteiger partial charge is 0.382 e. The standard InChI is InChI=1S/C25H27N9S/c1-14(2)30-20-8-21(22-6-5-18-7-15(9-26)10-29-34(18)22)28-11-19(20)24-31-32-25(35-24)33-12-16-3-4-17(13-33)23(16)27/h5-8,10-11,14,16-17,23H,3-4,12-13,27H2,1-2H3,(H,28,30)/t16-,17+,23?. The van der Waals surface area contributed by atoms with Crippen LogP contribution in [0.2, 0.25) is 0 Å². The van der Waals surface area contributed by atoms with Crippen LogP contribution in [0, 0.1) is 23.2 Å². The zero-order chi connectivity index (χ0) is 24.1. The van der Waals surface area contributed by atoms with Gasteiger partial charge in [0.05, 0.1) is 34.2 Å².